The van der Waals surface area contributed by atoms with Crippen molar-refractivity contribution in [3.8, 4) is 0 Å². The number of hydrogen-bond acceptors (Lipinski definition) is 4. The van der Waals surface area contributed by atoms with Crippen molar-refractivity contribution in [3.05, 3.63) is 12.2 Å². The van der Waals surface area contributed by atoms with Crippen LogP contribution in [0.15, 0.2) is 12.2 Å². The Hall–Kier alpha value is -0.910. The van der Waals surface area contributed by atoms with Crippen LogP contribution in [0.2, 0.25) is 0 Å². The second-order valence-electron chi connectivity index (χ2n) is 11.1. The molecular formula is C32H63NO4. The summed E-state index contributed by atoms with van der Waals surface area (Å²) in [4.78, 5) is 13.0. The molecule has 2 unspecified atom stereocenters. The zero-order valence-electron chi connectivity index (χ0n) is 25.2. The molecule has 0 saturated carbocycles. The molecule has 1 N–H and O–H groups in total. The van der Waals surface area contributed by atoms with Gasteiger partial charge in [0.05, 0.1) is 25.2 Å². The number of carboxylic acid groups (broad SMARTS) is 1. The SMILES string of the molecule is CCCCCCCCC=CCCCCCCCCOCC(COCCCCCCC(C)C(=O)O)N(C)C. The molecule has 0 radical (unpaired) electrons. The molecule has 0 heterocycles. The summed E-state index contributed by atoms with van der Waals surface area (Å²) in [5.74, 6) is -0.915. The van der Waals surface area contributed by atoms with Gasteiger partial charge in [-0.15, -0.1) is 0 Å². The van der Waals surface area contributed by atoms with Gasteiger partial charge in [-0.1, -0.05) is 103 Å². The molecule has 0 aromatic heterocycles. The Morgan fingerprint density at radius 2 is 1.14 bits per heavy atom. The van der Waals surface area contributed by atoms with Gasteiger partial charge < -0.3 is 19.5 Å². The lowest BCUT2D eigenvalue weighted by molar-refractivity contribution is -0.141. The van der Waals surface area contributed by atoms with E-state index in [4.69, 9.17) is 14.6 Å². The van der Waals surface area contributed by atoms with Crippen LogP contribution in [0.3, 0.4) is 0 Å². The van der Waals surface area contributed by atoms with Gasteiger partial charge in [0.1, 0.15) is 0 Å². The fourth-order valence-corrected chi connectivity index (χ4v) is 4.37. The minimum Gasteiger partial charge on any atom is -0.481 e. The molecule has 0 fully saturated rings. The first-order chi connectivity index (χ1) is 18.0. The van der Waals surface area contributed by atoms with Crippen molar-refractivity contribution in [1.29, 1.82) is 0 Å². The summed E-state index contributed by atoms with van der Waals surface area (Å²) in [6.07, 6.45) is 28.4. The zero-order valence-corrected chi connectivity index (χ0v) is 25.2. The number of carboxylic acids is 1. The summed E-state index contributed by atoms with van der Waals surface area (Å²) in [5.41, 5.74) is 0. The summed E-state index contributed by atoms with van der Waals surface area (Å²) in [6.45, 7) is 7.11. The van der Waals surface area contributed by atoms with E-state index in [2.05, 4.69) is 38.1 Å². The predicted octanol–water partition coefficient (Wildman–Crippen LogP) is 8.66. The molecule has 0 aliphatic carbocycles. The maximum absolute atomic E-state index is 10.8. The number of carbonyl (C=O) groups is 1. The van der Waals surface area contributed by atoms with Crippen molar-refractivity contribution >= 4 is 5.97 Å². The minimum atomic E-state index is -0.687. The molecule has 0 bridgehead atoms. The van der Waals surface area contributed by atoms with Gasteiger partial charge in [-0.3, -0.25) is 4.79 Å². The highest BCUT2D eigenvalue weighted by molar-refractivity contribution is 5.69. The summed E-state index contributed by atoms with van der Waals surface area (Å²) < 4.78 is 11.8. The number of allylic oxidation sites excluding steroid dienone is 2. The number of unbranched alkanes of at least 4 members (excludes halogenated alkanes) is 15. The van der Waals surface area contributed by atoms with Gasteiger partial charge in [0.15, 0.2) is 0 Å². The third-order valence-electron chi connectivity index (χ3n) is 7.25. The minimum absolute atomic E-state index is 0.228. The van der Waals surface area contributed by atoms with E-state index in [-0.39, 0.29) is 5.92 Å². The van der Waals surface area contributed by atoms with E-state index in [0.717, 1.165) is 58.3 Å². The van der Waals surface area contributed by atoms with Crippen LogP contribution in [-0.4, -0.2) is 62.5 Å². The molecular weight excluding hydrogens is 462 g/mol. The fraction of sp³-hybridized carbons (Fsp3) is 0.906. The largest absolute Gasteiger partial charge is 0.481 e. The van der Waals surface area contributed by atoms with Gasteiger partial charge in [0, 0.05) is 13.2 Å². The summed E-state index contributed by atoms with van der Waals surface area (Å²) in [6, 6.07) is 0.297. The molecule has 2 atom stereocenters. The smallest absolute Gasteiger partial charge is 0.306 e. The molecule has 0 saturated heterocycles. The van der Waals surface area contributed by atoms with Crippen LogP contribution < -0.4 is 0 Å². The molecule has 0 rings (SSSR count). The lowest BCUT2D eigenvalue weighted by Gasteiger charge is -2.24. The van der Waals surface area contributed by atoms with E-state index in [1.165, 1.54) is 83.5 Å². The topological polar surface area (TPSA) is 59.0 Å². The predicted molar refractivity (Wildman–Crippen MR) is 158 cm³/mol. The van der Waals surface area contributed by atoms with E-state index in [1.807, 2.05) is 0 Å². The number of aliphatic carboxylic acids is 1. The van der Waals surface area contributed by atoms with Gasteiger partial charge in [-0.2, -0.15) is 0 Å². The normalized spacial score (nSPS) is 13.5. The Balaban J connectivity index is 3.47. The lowest BCUT2D eigenvalue weighted by atomic mass is 10.0. The number of nitrogens with zero attached hydrogens (tertiary/aromatic N) is 1. The quantitative estimate of drug-likeness (QED) is 0.0782. The van der Waals surface area contributed by atoms with Gasteiger partial charge in [-0.25, -0.2) is 0 Å². The van der Waals surface area contributed by atoms with Crippen LogP contribution in [0.5, 0.6) is 0 Å². The molecule has 0 aromatic carbocycles. The summed E-state index contributed by atoms with van der Waals surface area (Å²) >= 11 is 0. The number of ether oxygens (including phenoxy) is 2. The Kier molecular flexibility index (Phi) is 27.4. The van der Waals surface area contributed by atoms with Crippen LogP contribution >= 0.6 is 0 Å². The number of hydrogen-bond donors (Lipinski definition) is 1. The Morgan fingerprint density at radius 3 is 1.59 bits per heavy atom. The number of likely N-dealkylation sites (N-methyl/N-ethyl adjacent to an activating group) is 1. The first-order valence-corrected chi connectivity index (χ1v) is 15.7. The average Bonchev–Trinajstić information content (AvgIpc) is 2.87. The van der Waals surface area contributed by atoms with Crippen molar-refractivity contribution in [3.63, 3.8) is 0 Å². The van der Waals surface area contributed by atoms with Crippen molar-refractivity contribution < 1.29 is 19.4 Å². The first-order valence-electron chi connectivity index (χ1n) is 15.7. The van der Waals surface area contributed by atoms with Crippen molar-refractivity contribution in [2.24, 2.45) is 5.92 Å². The van der Waals surface area contributed by atoms with Gasteiger partial charge in [0.25, 0.3) is 0 Å². The molecule has 37 heavy (non-hydrogen) atoms. The zero-order chi connectivity index (χ0) is 27.4. The first kappa shape index (κ1) is 36.1. The molecule has 0 amide bonds. The molecule has 0 spiro atoms. The van der Waals surface area contributed by atoms with Gasteiger partial charge >= 0.3 is 5.97 Å². The van der Waals surface area contributed by atoms with Crippen molar-refractivity contribution in [1.82, 2.24) is 4.90 Å². The van der Waals surface area contributed by atoms with E-state index < -0.39 is 5.97 Å². The van der Waals surface area contributed by atoms with Crippen LogP contribution in [-0.2, 0) is 14.3 Å². The van der Waals surface area contributed by atoms with Crippen LogP contribution in [0.1, 0.15) is 136 Å². The highest BCUT2D eigenvalue weighted by atomic mass is 16.5. The molecule has 0 aromatic rings. The van der Waals surface area contributed by atoms with Gasteiger partial charge in [0.2, 0.25) is 0 Å². The summed E-state index contributed by atoms with van der Waals surface area (Å²) in [5, 5.41) is 8.91. The third kappa shape index (κ3) is 26.5. The van der Waals surface area contributed by atoms with Crippen LogP contribution in [0, 0.1) is 5.92 Å². The van der Waals surface area contributed by atoms with E-state index in [9.17, 15) is 4.79 Å². The van der Waals surface area contributed by atoms with E-state index in [1.54, 1.807) is 6.92 Å². The number of rotatable bonds is 29. The molecule has 0 aliphatic heterocycles. The Bertz CT molecular complexity index is 509. The second-order valence-corrected chi connectivity index (χ2v) is 11.1. The van der Waals surface area contributed by atoms with E-state index in [0.29, 0.717) is 12.6 Å². The standard InChI is InChI=1S/C32H63NO4/c1-5-6-7-8-9-10-11-12-13-14-15-16-17-18-20-23-26-36-28-31(33(3)4)29-37-27-24-21-19-22-25-30(2)32(34)35/h12-13,30-31H,5-11,14-29H2,1-4H3,(H,34,35). The second kappa shape index (κ2) is 28.1. The van der Waals surface area contributed by atoms with Crippen LogP contribution in [0.25, 0.3) is 0 Å². The maximum atomic E-state index is 10.8. The average molecular weight is 526 g/mol. The Morgan fingerprint density at radius 1 is 0.703 bits per heavy atom. The molecule has 5 heteroatoms. The third-order valence-corrected chi connectivity index (χ3v) is 7.25. The van der Waals surface area contributed by atoms with Crippen LogP contribution in [0.4, 0.5) is 0 Å². The molecule has 220 valence electrons. The summed E-state index contributed by atoms with van der Waals surface area (Å²) in [7, 11) is 4.18. The van der Waals surface area contributed by atoms with Crippen molar-refractivity contribution in [2.75, 3.05) is 40.5 Å². The Labute approximate surface area is 230 Å². The maximum Gasteiger partial charge on any atom is 0.306 e. The van der Waals surface area contributed by atoms with Gasteiger partial charge in [-0.05, 0) is 59.0 Å². The lowest BCUT2D eigenvalue weighted by Crippen LogP contribution is -2.37. The molecule has 5 nitrogen and oxygen atoms in total. The highest BCUT2D eigenvalue weighted by Gasteiger charge is 2.12. The fourth-order valence-electron chi connectivity index (χ4n) is 4.37. The highest BCUT2D eigenvalue weighted by Crippen LogP contribution is 2.12. The monoisotopic (exact) mass is 525 g/mol. The molecule has 0 aliphatic rings. The van der Waals surface area contributed by atoms with Crippen molar-refractivity contribution in [2.45, 2.75) is 142 Å². The van der Waals surface area contributed by atoms with E-state index >= 15 is 0 Å².